The van der Waals surface area contributed by atoms with Gasteiger partial charge in [-0.15, -0.1) is 0 Å². The molecule has 1 unspecified atom stereocenters. The van der Waals surface area contributed by atoms with Crippen LogP contribution in [0.15, 0.2) is 18.2 Å². The standard InChI is InChI=1S/C15H18FN3O4S/c1-2-9-5-10(7-17-6-9)11-3-4-12(20)15(14(11)16)19-8-13(21)18-24(19,22)23/h3-5,9,17,20H,2,6-8H2,1H3,(H,18,21). The van der Waals surface area contributed by atoms with E-state index in [4.69, 9.17) is 0 Å². The Hall–Kier alpha value is -2.13. The number of amides is 1. The summed E-state index contributed by atoms with van der Waals surface area (Å²) in [5.41, 5.74) is 0.399. The average molecular weight is 355 g/mol. The van der Waals surface area contributed by atoms with Crippen LogP contribution in [0.25, 0.3) is 5.57 Å². The number of hydrogen-bond acceptors (Lipinski definition) is 5. The third-order valence-electron chi connectivity index (χ3n) is 4.19. The van der Waals surface area contributed by atoms with Crippen LogP contribution in [-0.4, -0.2) is 39.1 Å². The van der Waals surface area contributed by atoms with E-state index in [0.29, 0.717) is 16.4 Å². The van der Waals surface area contributed by atoms with Crippen LogP contribution in [0, 0.1) is 11.7 Å². The van der Waals surface area contributed by atoms with Crippen LogP contribution < -0.4 is 14.3 Å². The van der Waals surface area contributed by atoms with Gasteiger partial charge in [0.2, 0.25) is 0 Å². The number of anilines is 1. The molecule has 9 heteroatoms. The van der Waals surface area contributed by atoms with Gasteiger partial charge in [-0.1, -0.05) is 13.0 Å². The van der Waals surface area contributed by atoms with Crippen molar-refractivity contribution in [3.63, 3.8) is 0 Å². The molecule has 2 aliphatic rings. The van der Waals surface area contributed by atoms with Crippen LogP contribution in [-0.2, 0) is 15.0 Å². The quantitative estimate of drug-likeness (QED) is 0.742. The fraction of sp³-hybridized carbons (Fsp3) is 0.400. The SMILES string of the molecule is CCC1C=C(c2ccc(O)c(N3CC(=O)NS3(=O)=O)c2F)CNC1. The lowest BCUT2D eigenvalue weighted by Crippen LogP contribution is -2.31. The normalized spacial score (nSPS) is 23.1. The number of aromatic hydroxyl groups is 1. The fourth-order valence-corrected chi connectivity index (χ4v) is 4.09. The molecule has 3 N–H and O–H groups in total. The molecule has 0 saturated carbocycles. The van der Waals surface area contributed by atoms with Gasteiger partial charge in [0.05, 0.1) is 0 Å². The Morgan fingerprint density at radius 3 is 2.79 bits per heavy atom. The first-order valence-corrected chi connectivity index (χ1v) is 9.04. The molecule has 24 heavy (non-hydrogen) atoms. The summed E-state index contributed by atoms with van der Waals surface area (Å²) in [7, 11) is -4.20. The first-order valence-electron chi connectivity index (χ1n) is 7.60. The van der Waals surface area contributed by atoms with E-state index in [1.807, 2.05) is 13.0 Å². The third-order valence-corrected chi connectivity index (χ3v) is 5.57. The zero-order valence-corrected chi connectivity index (χ0v) is 13.9. The number of phenolic OH excluding ortho intramolecular Hbond substituents is 1. The van der Waals surface area contributed by atoms with Gasteiger partial charge in [0.15, 0.2) is 5.82 Å². The molecule has 0 aromatic heterocycles. The number of nitrogens with zero attached hydrogens (tertiary/aromatic N) is 1. The predicted octanol–water partition coefficient (Wildman–Crippen LogP) is 0.725. The molecule has 1 aromatic rings. The van der Waals surface area contributed by atoms with Crippen molar-refractivity contribution in [1.82, 2.24) is 10.0 Å². The van der Waals surface area contributed by atoms with Crippen molar-refractivity contribution < 1.29 is 22.7 Å². The van der Waals surface area contributed by atoms with Crippen LogP contribution >= 0.6 is 0 Å². The molecule has 2 aliphatic heterocycles. The first-order chi connectivity index (χ1) is 11.3. The molecular formula is C15H18FN3O4S. The number of rotatable bonds is 3. The maximum Gasteiger partial charge on any atom is 0.326 e. The second kappa shape index (κ2) is 6.06. The summed E-state index contributed by atoms with van der Waals surface area (Å²) in [5.74, 6) is -1.92. The van der Waals surface area contributed by atoms with Crippen molar-refractivity contribution in [3.8, 4) is 5.75 Å². The summed E-state index contributed by atoms with van der Waals surface area (Å²) in [4.78, 5) is 11.4. The molecule has 1 saturated heterocycles. The van der Waals surface area contributed by atoms with E-state index in [1.165, 1.54) is 12.1 Å². The van der Waals surface area contributed by atoms with Gasteiger partial charge in [-0.3, -0.25) is 4.79 Å². The van der Waals surface area contributed by atoms with Gasteiger partial charge < -0.3 is 10.4 Å². The Labute approximate surface area is 139 Å². The van der Waals surface area contributed by atoms with Gasteiger partial charge >= 0.3 is 10.2 Å². The molecule has 0 aliphatic carbocycles. The number of hydrogen-bond donors (Lipinski definition) is 3. The van der Waals surface area contributed by atoms with Crippen LogP contribution in [0.5, 0.6) is 5.75 Å². The van der Waals surface area contributed by atoms with E-state index in [9.17, 15) is 22.7 Å². The fourth-order valence-electron chi connectivity index (χ4n) is 2.93. The summed E-state index contributed by atoms with van der Waals surface area (Å²) < 4.78 is 41.2. The van der Waals surface area contributed by atoms with Crippen molar-refractivity contribution in [2.24, 2.45) is 5.92 Å². The minimum absolute atomic E-state index is 0.211. The van der Waals surface area contributed by atoms with Gasteiger partial charge in [0.25, 0.3) is 5.91 Å². The van der Waals surface area contributed by atoms with Crippen molar-refractivity contribution >= 4 is 27.4 Å². The number of phenols is 1. The number of carbonyl (C=O) groups is 1. The highest BCUT2D eigenvalue weighted by molar-refractivity contribution is 7.92. The number of benzene rings is 1. The monoisotopic (exact) mass is 355 g/mol. The van der Waals surface area contributed by atoms with Crippen molar-refractivity contribution in [1.29, 1.82) is 0 Å². The number of halogens is 1. The van der Waals surface area contributed by atoms with E-state index < -0.39 is 39.9 Å². The topological polar surface area (TPSA) is 98.7 Å². The maximum absolute atomic E-state index is 15.0. The second-order valence-corrected chi connectivity index (χ2v) is 7.42. The second-order valence-electron chi connectivity index (χ2n) is 5.82. The summed E-state index contributed by atoms with van der Waals surface area (Å²) in [6.07, 6.45) is 2.85. The lowest BCUT2D eigenvalue weighted by Gasteiger charge is -2.24. The Morgan fingerprint density at radius 2 is 2.17 bits per heavy atom. The molecule has 1 amide bonds. The Morgan fingerprint density at radius 1 is 1.42 bits per heavy atom. The highest BCUT2D eigenvalue weighted by atomic mass is 32.2. The Bertz CT molecular complexity index is 822. The molecule has 130 valence electrons. The van der Waals surface area contributed by atoms with Crippen molar-refractivity contribution in [3.05, 3.63) is 29.6 Å². The highest BCUT2D eigenvalue weighted by Gasteiger charge is 2.38. The van der Waals surface area contributed by atoms with E-state index in [-0.39, 0.29) is 11.5 Å². The summed E-state index contributed by atoms with van der Waals surface area (Å²) >= 11 is 0. The third kappa shape index (κ3) is 2.84. The largest absolute Gasteiger partial charge is 0.506 e. The van der Waals surface area contributed by atoms with Gasteiger partial charge in [-0.2, -0.15) is 8.42 Å². The smallest absolute Gasteiger partial charge is 0.326 e. The number of carbonyl (C=O) groups excluding carboxylic acids is 1. The van der Waals surface area contributed by atoms with Crippen LogP contribution in [0.4, 0.5) is 10.1 Å². The molecule has 7 nitrogen and oxygen atoms in total. The molecule has 0 spiro atoms. The summed E-state index contributed by atoms with van der Waals surface area (Å²) in [6, 6.07) is 2.65. The molecule has 0 bridgehead atoms. The molecule has 1 fully saturated rings. The predicted molar refractivity (Wildman–Crippen MR) is 87.1 cm³/mol. The van der Waals surface area contributed by atoms with Crippen LogP contribution in [0.2, 0.25) is 0 Å². The average Bonchev–Trinajstić information content (AvgIpc) is 2.80. The van der Waals surface area contributed by atoms with E-state index in [2.05, 4.69) is 5.32 Å². The summed E-state index contributed by atoms with van der Waals surface area (Å²) in [6.45, 7) is 2.71. The summed E-state index contributed by atoms with van der Waals surface area (Å²) in [5, 5.41) is 13.2. The minimum atomic E-state index is -4.20. The lowest BCUT2D eigenvalue weighted by molar-refractivity contribution is -0.117. The molecular weight excluding hydrogens is 337 g/mol. The Kier molecular flexibility index (Phi) is 4.22. The van der Waals surface area contributed by atoms with Crippen LogP contribution in [0.1, 0.15) is 18.9 Å². The first kappa shape index (κ1) is 16.7. The number of nitrogens with one attached hydrogen (secondary N) is 2. The van der Waals surface area contributed by atoms with E-state index >= 15 is 0 Å². The molecule has 1 aromatic carbocycles. The zero-order chi connectivity index (χ0) is 17.5. The maximum atomic E-state index is 15.0. The lowest BCUT2D eigenvalue weighted by atomic mass is 9.94. The molecule has 2 heterocycles. The molecule has 0 radical (unpaired) electrons. The van der Waals surface area contributed by atoms with Gasteiger partial charge in [-0.25, -0.2) is 13.4 Å². The van der Waals surface area contributed by atoms with Crippen molar-refractivity contribution in [2.75, 3.05) is 23.9 Å². The van der Waals surface area contributed by atoms with Crippen molar-refractivity contribution in [2.45, 2.75) is 13.3 Å². The zero-order valence-electron chi connectivity index (χ0n) is 13.0. The Balaban J connectivity index is 2.10. The van der Waals surface area contributed by atoms with Gasteiger partial charge in [0.1, 0.15) is 18.0 Å². The molecule has 3 rings (SSSR count). The highest BCUT2D eigenvalue weighted by Crippen LogP contribution is 2.37. The minimum Gasteiger partial charge on any atom is -0.506 e. The van der Waals surface area contributed by atoms with Gasteiger partial charge in [0, 0.05) is 18.7 Å². The van der Waals surface area contributed by atoms with Crippen LogP contribution in [0.3, 0.4) is 0 Å². The van der Waals surface area contributed by atoms with E-state index in [0.717, 1.165) is 13.0 Å². The van der Waals surface area contributed by atoms with E-state index in [1.54, 1.807) is 4.72 Å². The van der Waals surface area contributed by atoms with Gasteiger partial charge in [-0.05, 0) is 30.0 Å². The molecule has 1 atom stereocenters.